The minimum atomic E-state index is 0.0593. The molecule has 2 rings (SSSR count). The molecule has 1 aromatic heterocycles. The van der Waals surface area contributed by atoms with Gasteiger partial charge in [0.15, 0.2) is 0 Å². The molecule has 0 aliphatic heterocycles. The van der Waals surface area contributed by atoms with Crippen LogP contribution in [0, 0.1) is 6.92 Å². The minimum absolute atomic E-state index is 0.0593. The van der Waals surface area contributed by atoms with E-state index in [9.17, 15) is 0 Å². The Kier molecular flexibility index (Phi) is 3.62. The molecule has 0 amide bonds. The van der Waals surface area contributed by atoms with Gasteiger partial charge in [0.1, 0.15) is 0 Å². The number of hydrogen-bond donors (Lipinski definition) is 2. The second-order valence-electron chi connectivity index (χ2n) is 4.01. The van der Waals surface area contributed by atoms with Crippen LogP contribution in [0.1, 0.15) is 24.1 Å². The van der Waals surface area contributed by atoms with E-state index in [0.717, 1.165) is 0 Å². The topological polar surface area (TPSA) is 76.7 Å². The highest BCUT2D eigenvalue weighted by atomic mass is 35.5. The summed E-state index contributed by atoms with van der Waals surface area (Å²) in [5.41, 5.74) is 7.89. The Hall–Kier alpha value is -1.88. The molecular weight excluding hydrogens is 250 g/mol. The van der Waals surface area contributed by atoms with E-state index in [1.807, 2.05) is 19.1 Å². The van der Waals surface area contributed by atoms with Crippen LogP contribution in [0.2, 0.25) is 5.28 Å². The van der Waals surface area contributed by atoms with Crippen LogP contribution in [0.25, 0.3) is 0 Å². The molecule has 1 heterocycles. The van der Waals surface area contributed by atoms with Gasteiger partial charge in [0, 0.05) is 0 Å². The van der Waals surface area contributed by atoms with Crippen LogP contribution in [0.15, 0.2) is 24.3 Å². The lowest BCUT2D eigenvalue weighted by Gasteiger charge is -2.16. The van der Waals surface area contributed by atoms with E-state index in [-0.39, 0.29) is 17.3 Å². The molecule has 5 nitrogen and oxygen atoms in total. The van der Waals surface area contributed by atoms with Crippen molar-refractivity contribution in [1.82, 2.24) is 15.0 Å². The summed E-state index contributed by atoms with van der Waals surface area (Å²) in [5, 5.41) is 3.24. The van der Waals surface area contributed by atoms with E-state index in [0.29, 0.717) is 5.95 Å². The van der Waals surface area contributed by atoms with Crippen LogP contribution in [-0.2, 0) is 0 Å². The largest absolute Gasteiger partial charge is 0.368 e. The van der Waals surface area contributed by atoms with E-state index >= 15 is 0 Å². The number of nitrogens with two attached hydrogens (primary N) is 1. The van der Waals surface area contributed by atoms with Crippen LogP contribution in [0.5, 0.6) is 0 Å². The number of nitrogens with one attached hydrogen (secondary N) is 1. The first-order valence-corrected chi connectivity index (χ1v) is 5.93. The number of anilines is 2. The van der Waals surface area contributed by atoms with Crippen LogP contribution >= 0.6 is 11.6 Å². The predicted octanol–water partition coefficient (Wildman–Crippen LogP) is 2.59. The third kappa shape index (κ3) is 2.87. The maximum absolute atomic E-state index is 5.73. The van der Waals surface area contributed by atoms with E-state index in [4.69, 9.17) is 17.3 Å². The first-order chi connectivity index (χ1) is 8.56. The molecule has 0 saturated carbocycles. The van der Waals surface area contributed by atoms with Crippen molar-refractivity contribution in [2.24, 2.45) is 0 Å². The molecule has 0 spiro atoms. The number of aryl methyl sites for hydroxylation is 1. The zero-order valence-electron chi connectivity index (χ0n) is 10.2. The number of nitrogens with zero attached hydrogens (tertiary/aromatic N) is 3. The molecule has 3 N–H and O–H groups in total. The summed E-state index contributed by atoms with van der Waals surface area (Å²) in [6.45, 7) is 4.08. The Morgan fingerprint density at radius 3 is 2.61 bits per heavy atom. The zero-order chi connectivity index (χ0) is 13.1. The normalized spacial score (nSPS) is 12.2. The van der Waals surface area contributed by atoms with E-state index in [1.54, 1.807) is 0 Å². The van der Waals surface area contributed by atoms with Gasteiger partial charge in [-0.05, 0) is 36.6 Å². The Morgan fingerprint density at radius 1 is 1.22 bits per heavy atom. The number of aromatic nitrogens is 3. The molecule has 0 aliphatic rings. The first kappa shape index (κ1) is 12.6. The third-order valence-electron chi connectivity index (χ3n) is 2.63. The Morgan fingerprint density at radius 2 is 1.94 bits per heavy atom. The molecule has 0 bridgehead atoms. The summed E-state index contributed by atoms with van der Waals surface area (Å²) in [5.74, 6) is 0.484. The average molecular weight is 264 g/mol. The Bertz CT molecular complexity index is 538. The van der Waals surface area contributed by atoms with Crippen LogP contribution < -0.4 is 11.1 Å². The maximum atomic E-state index is 5.73. The molecule has 0 fully saturated rings. The highest BCUT2D eigenvalue weighted by molar-refractivity contribution is 6.28. The highest BCUT2D eigenvalue weighted by Gasteiger charge is 2.10. The van der Waals surface area contributed by atoms with Crippen molar-refractivity contribution < 1.29 is 0 Å². The minimum Gasteiger partial charge on any atom is -0.368 e. The fourth-order valence-corrected chi connectivity index (χ4v) is 1.94. The fraction of sp³-hybridized carbons (Fsp3) is 0.250. The predicted molar refractivity (Wildman–Crippen MR) is 72.5 cm³/mol. The maximum Gasteiger partial charge on any atom is 0.229 e. The third-order valence-corrected chi connectivity index (χ3v) is 2.80. The number of halogens is 1. The van der Waals surface area contributed by atoms with E-state index < -0.39 is 0 Å². The molecule has 94 valence electrons. The van der Waals surface area contributed by atoms with Gasteiger partial charge in [-0.1, -0.05) is 24.3 Å². The SMILES string of the molecule is Cc1ccccc1C(C)Nc1nc(N)nc(Cl)n1. The van der Waals surface area contributed by atoms with Gasteiger partial charge in [0.2, 0.25) is 17.2 Å². The molecule has 1 unspecified atom stereocenters. The van der Waals surface area contributed by atoms with Gasteiger partial charge in [-0.25, -0.2) is 0 Å². The van der Waals surface area contributed by atoms with Gasteiger partial charge in [0.25, 0.3) is 0 Å². The number of benzene rings is 1. The van der Waals surface area contributed by atoms with Gasteiger partial charge in [0.05, 0.1) is 6.04 Å². The van der Waals surface area contributed by atoms with Crippen molar-refractivity contribution in [2.75, 3.05) is 11.1 Å². The summed E-state index contributed by atoms with van der Waals surface area (Å²) in [6.07, 6.45) is 0. The summed E-state index contributed by atoms with van der Waals surface area (Å²) >= 11 is 5.73. The van der Waals surface area contributed by atoms with Gasteiger partial charge in [-0.2, -0.15) is 15.0 Å². The number of rotatable bonds is 3. The van der Waals surface area contributed by atoms with E-state index in [1.165, 1.54) is 11.1 Å². The molecule has 0 radical (unpaired) electrons. The van der Waals surface area contributed by atoms with Gasteiger partial charge in [-0.3, -0.25) is 0 Å². The molecule has 1 aromatic carbocycles. The van der Waals surface area contributed by atoms with Crippen molar-refractivity contribution in [2.45, 2.75) is 19.9 Å². The fourth-order valence-electron chi connectivity index (χ4n) is 1.77. The lowest BCUT2D eigenvalue weighted by atomic mass is 10.0. The first-order valence-electron chi connectivity index (χ1n) is 5.55. The summed E-state index contributed by atoms with van der Waals surface area (Å²) < 4.78 is 0. The van der Waals surface area contributed by atoms with Crippen molar-refractivity contribution in [3.05, 3.63) is 40.7 Å². The number of nitrogen functional groups attached to an aromatic ring is 1. The summed E-state index contributed by atoms with van der Waals surface area (Å²) in [6, 6.07) is 8.17. The molecule has 2 aromatic rings. The molecule has 1 atom stereocenters. The standard InChI is InChI=1S/C12H14ClN5/c1-7-5-3-4-6-9(7)8(2)15-12-17-10(13)16-11(14)18-12/h3-6,8H,1-2H3,(H3,14,15,16,17,18). The van der Waals surface area contributed by atoms with Crippen LogP contribution in [-0.4, -0.2) is 15.0 Å². The smallest absolute Gasteiger partial charge is 0.229 e. The van der Waals surface area contributed by atoms with Crippen molar-refractivity contribution in [3.8, 4) is 0 Å². The Labute approximate surface area is 110 Å². The van der Waals surface area contributed by atoms with E-state index in [2.05, 4.69) is 39.3 Å². The molecule has 18 heavy (non-hydrogen) atoms. The van der Waals surface area contributed by atoms with Gasteiger partial charge in [-0.15, -0.1) is 0 Å². The summed E-state index contributed by atoms with van der Waals surface area (Å²) in [7, 11) is 0. The zero-order valence-corrected chi connectivity index (χ0v) is 10.9. The molecule has 6 heteroatoms. The number of hydrogen-bond acceptors (Lipinski definition) is 5. The second-order valence-corrected chi connectivity index (χ2v) is 4.35. The lowest BCUT2D eigenvalue weighted by Crippen LogP contribution is -2.12. The molecule has 0 saturated heterocycles. The van der Waals surface area contributed by atoms with Gasteiger partial charge < -0.3 is 11.1 Å². The average Bonchev–Trinajstić information content (AvgIpc) is 2.27. The van der Waals surface area contributed by atoms with Crippen molar-refractivity contribution in [1.29, 1.82) is 0 Å². The van der Waals surface area contributed by atoms with Gasteiger partial charge >= 0.3 is 0 Å². The lowest BCUT2D eigenvalue weighted by molar-refractivity contribution is 0.847. The van der Waals surface area contributed by atoms with Crippen molar-refractivity contribution >= 4 is 23.5 Å². The van der Waals surface area contributed by atoms with Crippen LogP contribution in [0.4, 0.5) is 11.9 Å². The quantitative estimate of drug-likeness (QED) is 0.890. The van der Waals surface area contributed by atoms with Crippen LogP contribution in [0.3, 0.4) is 0 Å². The second kappa shape index (κ2) is 5.18. The molecule has 0 aliphatic carbocycles. The Balaban J connectivity index is 2.21. The molecular formula is C12H14ClN5. The monoisotopic (exact) mass is 263 g/mol. The summed E-state index contributed by atoms with van der Waals surface area (Å²) in [4.78, 5) is 11.7. The highest BCUT2D eigenvalue weighted by Crippen LogP contribution is 2.20. The van der Waals surface area contributed by atoms with Crippen molar-refractivity contribution in [3.63, 3.8) is 0 Å².